The van der Waals surface area contributed by atoms with Crippen LogP contribution < -0.4 is 15.4 Å². The van der Waals surface area contributed by atoms with Crippen molar-refractivity contribution in [3.63, 3.8) is 0 Å². The van der Waals surface area contributed by atoms with E-state index in [4.69, 9.17) is 4.74 Å². The second-order valence-corrected chi connectivity index (χ2v) is 9.20. The van der Waals surface area contributed by atoms with Crippen molar-refractivity contribution in [3.05, 3.63) is 54.4 Å². The molecular formula is C24H29N3O2S. The lowest BCUT2D eigenvalue weighted by molar-refractivity contribution is 0.216. The van der Waals surface area contributed by atoms with Gasteiger partial charge < -0.3 is 10.1 Å². The third-order valence-electron chi connectivity index (χ3n) is 5.98. The van der Waals surface area contributed by atoms with Crippen molar-refractivity contribution in [2.24, 2.45) is 11.8 Å². The van der Waals surface area contributed by atoms with Crippen LogP contribution in [0.25, 0.3) is 10.1 Å². The number of hydrogen-bond acceptors (Lipinski definition) is 5. The van der Waals surface area contributed by atoms with E-state index in [1.807, 2.05) is 36.4 Å². The molecule has 1 unspecified atom stereocenters. The van der Waals surface area contributed by atoms with Gasteiger partial charge in [0.15, 0.2) is 5.06 Å². The summed E-state index contributed by atoms with van der Waals surface area (Å²) in [5, 5.41) is 8.06. The molecular weight excluding hydrogens is 394 g/mol. The van der Waals surface area contributed by atoms with E-state index >= 15 is 0 Å². The topological polar surface area (TPSA) is 63.2 Å². The minimum Gasteiger partial charge on any atom is -0.399 e. The molecule has 0 saturated heterocycles. The van der Waals surface area contributed by atoms with Crippen LogP contribution in [0, 0.1) is 11.8 Å². The van der Waals surface area contributed by atoms with Crippen LogP contribution in [0.1, 0.15) is 44.6 Å². The predicted molar refractivity (Wildman–Crippen MR) is 123 cm³/mol. The van der Waals surface area contributed by atoms with E-state index < -0.39 is 6.09 Å². The Kier molecular flexibility index (Phi) is 6.97. The zero-order valence-electron chi connectivity index (χ0n) is 17.4. The molecule has 3 aromatic rings. The van der Waals surface area contributed by atoms with Crippen molar-refractivity contribution in [2.75, 3.05) is 11.9 Å². The van der Waals surface area contributed by atoms with Gasteiger partial charge in [-0.3, -0.25) is 10.3 Å². The number of carbonyl (C=O) groups excluding carboxylic acids is 1. The Balaban J connectivity index is 1.31. The van der Waals surface area contributed by atoms with E-state index in [0.717, 1.165) is 28.1 Å². The molecule has 1 fully saturated rings. The summed E-state index contributed by atoms with van der Waals surface area (Å²) in [4.78, 5) is 16.6. The molecule has 1 amide bonds. The zero-order chi connectivity index (χ0) is 20.8. The van der Waals surface area contributed by atoms with Gasteiger partial charge in [-0.05, 0) is 41.5 Å². The SMILES string of the molecule is CC(CNCc1ccncc1NC(=O)Oc1cc2ccccc2s1)C1CCCCC1. The molecule has 0 bridgehead atoms. The average molecular weight is 424 g/mol. The first-order valence-electron chi connectivity index (χ1n) is 10.8. The van der Waals surface area contributed by atoms with E-state index in [2.05, 4.69) is 22.5 Å². The number of aromatic nitrogens is 1. The van der Waals surface area contributed by atoms with Crippen molar-refractivity contribution >= 4 is 33.2 Å². The van der Waals surface area contributed by atoms with Crippen LogP contribution in [0.4, 0.5) is 10.5 Å². The molecule has 1 aliphatic rings. The maximum atomic E-state index is 12.4. The largest absolute Gasteiger partial charge is 0.417 e. The van der Waals surface area contributed by atoms with Crippen LogP contribution in [0.2, 0.25) is 0 Å². The smallest absolute Gasteiger partial charge is 0.399 e. The van der Waals surface area contributed by atoms with Crippen LogP contribution in [-0.4, -0.2) is 17.6 Å². The molecule has 2 aromatic heterocycles. The Labute approximate surface area is 181 Å². The maximum Gasteiger partial charge on any atom is 0.417 e. The molecule has 2 N–H and O–H groups in total. The van der Waals surface area contributed by atoms with Gasteiger partial charge in [0.25, 0.3) is 0 Å². The number of hydrogen-bond donors (Lipinski definition) is 2. The number of nitrogens with zero attached hydrogens (tertiary/aromatic N) is 1. The first-order chi connectivity index (χ1) is 14.7. The Morgan fingerprint density at radius 1 is 1.23 bits per heavy atom. The Morgan fingerprint density at radius 2 is 2.07 bits per heavy atom. The van der Waals surface area contributed by atoms with E-state index in [1.54, 1.807) is 12.4 Å². The molecule has 2 heterocycles. The molecule has 0 aliphatic heterocycles. The summed E-state index contributed by atoms with van der Waals surface area (Å²) in [7, 11) is 0. The number of ether oxygens (including phenoxy) is 1. The highest BCUT2D eigenvalue weighted by Crippen LogP contribution is 2.32. The fourth-order valence-corrected chi connectivity index (χ4v) is 5.14. The molecule has 1 atom stereocenters. The van der Waals surface area contributed by atoms with Crippen LogP contribution in [0.5, 0.6) is 5.06 Å². The Bertz CT molecular complexity index is 948. The Morgan fingerprint density at radius 3 is 2.90 bits per heavy atom. The molecule has 6 heteroatoms. The summed E-state index contributed by atoms with van der Waals surface area (Å²) in [5.41, 5.74) is 1.69. The standard InChI is InChI=1S/C24H29N3O2S/c1-17(18-7-3-2-4-8-18)14-26-15-20-11-12-25-16-21(20)27-24(28)29-23-13-19-9-5-6-10-22(19)30-23/h5-6,9-13,16-18,26H,2-4,7-8,14-15H2,1H3,(H,27,28). The fourth-order valence-electron chi connectivity index (χ4n) is 4.23. The summed E-state index contributed by atoms with van der Waals surface area (Å²) in [6.07, 6.45) is 9.78. The number of carbonyl (C=O) groups is 1. The predicted octanol–water partition coefficient (Wildman–Crippen LogP) is 6.21. The Hall–Kier alpha value is -2.44. The molecule has 0 spiro atoms. The highest BCUT2D eigenvalue weighted by Gasteiger charge is 2.19. The van der Waals surface area contributed by atoms with Crippen LogP contribution in [-0.2, 0) is 6.54 Å². The quantitative estimate of drug-likeness (QED) is 0.474. The molecule has 5 nitrogen and oxygen atoms in total. The van der Waals surface area contributed by atoms with Gasteiger partial charge in [-0.1, -0.05) is 68.6 Å². The number of nitrogens with one attached hydrogen (secondary N) is 2. The summed E-state index contributed by atoms with van der Waals surface area (Å²) in [6, 6.07) is 11.8. The summed E-state index contributed by atoms with van der Waals surface area (Å²) in [5.74, 6) is 1.50. The lowest BCUT2D eigenvalue weighted by Gasteiger charge is -2.28. The number of anilines is 1. The number of pyridine rings is 1. The first-order valence-corrected chi connectivity index (χ1v) is 11.6. The normalized spacial score (nSPS) is 15.8. The minimum atomic E-state index is -0.494. The molecule has 1 aliphatic carbocycles. The van der Waals surface area contributed by atoms with Gasteiger partial charge in [-0.15, -0.1) is 0 Å². The zero-order valence-corrected chi connectivity index (χ0v) is 18.2. The number of amides is 1. The summed E-state index contributed by atoms with van der Waals surface area (Å²) >= 11 is 1.46. The minimum absolute atomic E-state index is 0.494. The van der Waals surface area contributed by atoms with Gasteiger partial charge in [-0.2, -0.15) is 0 Å². The summed E-state index contributed by atoms with van der Waals surface area (Å²) in [6.45, 7) is 4.02. The average Bonchev–Trinajstić information content (AvgIpc) is 3.17. The maximum absolute atomic E-state index is 12.4. The molecule has 4 rings (SSSR count). The lowest BCUT2D eigenvalue weighted by atomic mass is 9.81. The van der Waals surface area contributed by atoms with E-state index in [-0.39, 0.29) is 0 Å². The lowest BCUT2D eigenvalue weighted by Crippen LogP contribution is -2.28. The van der Waals surface area contributed by atoms with E-state index in [9.17, 15) is 4.79 Å². The summed E-state index contributed by atoms with van der Waals surface area (Å²) < 4.78 is 6.60. The highest BCUT2D eigenvalue weighted by molar-refractivity contribution is 7.20. The van der Waals surface area contributed by atoms with E-state index in [1.165, 1.54) is 43.4 Å². The van der Waals surface area contributed by atoms with Crippen LogP contribution in [0.3, 0.4) is 0 Å². The monoisotopic (exact) mass is 423 g/mol. The van der Waals surface area contributed by atoms with Crippen molar-refractivity contribution in [2.45, 2.75) is 45.6 Å². The van der Waals surface area contributed by atoms with Crippen LogP contribution in [0.15, 0.2) is 48.8 Å². The third-order valence-corrected chi connectivity index (χ3v) is 6.97. The van der Waals surface area contributed by atoms with Gasteiger partial charge in [-0.25, -0.2) is 4.79 Å². The molecule has 30 heavy (non-hydrogen) atoms. The van der Waals surface area contributed by atoms with Crippen molar-refractivity contribution < 1.29 is 9.53 Å². The van der Waals surface area contributed by atoms with Crippen LogP contribution >= 0.6 is 11.3 Å². The van der Waals surface area contributed by atoms with Gasteiger partial charge in [0.1, 0.15) is 0 Å². The highest BCUT2D eigenvalue weighted by atomic mass is 32.1. The second kappa shape index (κ2) is 10.0. The molecule has 0 radical (unpaired) electrons. The molecule has 158 valence electrons. The third kappa shape index (κ3) is 5.37. The molecule has 1 aromatic carbocycles. The van der Waals surface area contributed by atoms with Crippen molar-refractivity contribution in [3.8, 4) is 5.06 Å². The number of thiophene rings is 1. The van der Waals surface area contributed by atoms with Gasteiger partial charge in [0.2, 0.25) is 0 Å². The van der Waals surface area contributed by atoms with Gasteiger partial charge in [0, 0.05) is 23.5 Å². The van der Waals surface area contributed by atoms with Crippen molar-refractivity contribution in [1.29, 1.82) is 0 Å². The number of benzene rings is 1. The van der Waals surface area contributed by atoms with Gasteiger partial charge in [0.05, 0.1) is 11.9 Å². The second-order valence-electron chi connectivity index (χ2n) is 8.16. The fraction of sp³-hybridized carbons (Fsp3) is 0.417. The van der Waals surface area contributed by atoms with Crippen molar-refractivity contribution in [1.82, 2.24) is 10.3 Å². The van der Waals surface area contributed by atoms with Gasteiger partial charge >= 0.3 is 6.09 Å². The first kappa shape index (κ1) is 20.8. The number of rotatable bonds is 7. The number of fused-ring (bicyclic) bond motifs is 1. The van der Waals surface area contributed by atoms with E-state index in [0.29, 0.717) is 23.2 Å². The molecule has 1 saturated carbocycles.